The van der Waals surface area contributed by atoms with Crippen molar-refractivity contribution in [2.75, 3.05) is 0 Å². The molecule has 1 aromatic rings. The van der Waals surface area contributed by atoms with Crippen molar-refractivity contribution in [3.63, 3.8) is 0 Å². The van der Waals surface area contributed by atoms with E-state index in [1.165, 1.54) is 13.0 Å². The first-order chi connectivity index (χ1) is 5.63. The molecule has 0 aliphatic heterocycles. The molecule has 0 amide bonds. The Morgan fingerprint density at radius 3 is 2.17 bits per heavy atom. The van der Waals surface area contributed by atoms with E-state index in [9.17, 15) is 13.2 Å². The lowest BCUT2D eigenvalue weighted by Gasteiger charge is -1.96. The molecule has 0 aromatic carbocycles. The summed E-state index contributed by atoms with van der Waals surface area (Å²) in [4.78, 5) is 0. The molecule has 0 bridgehead atoms. The summed E-state index contributed by atoms with van der Waals surface area (Å²) in [5.41, 5.74) is -0.866. The highest BCUT2D eigenvalue weighted by Crippen LogP contribution is 2.17. The Bertz CT molecular complexity index is 349. The number of nitriles is 1. The van der Waals surface area contributed by atoms with Crippen LogP contribution in [0.15, 0.2) is 0 Å². The zero-order chi connectivity index (χ0) is 9.30. The van der Waals surface area contributed by atoms with Gasteiger partial charge in [-0.3, -0.25) is 4.57 Å². The summed E-state index contributed by atoms with van der Waals surface area (Å²) in [6.07, 6.45) is 0. The normalized spacial score (nSPS) is 9.92. The molecule has 1 rings (SSSR count). The molecule has 0 aliphatic carbocycles. The molecule has 0 saturated heterocycles. The molecule has 1 aromatic heterocycles. The number of rotatable bonds is 1. The van der Waals surface area contributed by atoms with Crippen LogP contribution < -0.4 is 0 Å². The van der Waals surface area contributed by atoms with Crippen molar-refractivity contribution in [3.8, 4) is 6.07 Å². The van der Waals surface area contributed by atoms with Crippen molar-refractivity contribution in [2.24, 2.45) is 0 Å². The summed E-state index contributed by atoms with van der Waals surface area (Å²) in [5, 5.41) is 8.22. The molecule has 0 radical (unpaired) electrons. The Labute approximate surface area is 66.8 Å². The molecule has 0 atom stereocenters. The third-order valence-electron chi connectivity index (χ3n) is 1.51. The van der Waals surface area contributed by atoms with Gasteiger partial charge in [-0.25, -0.2) is 4.39 Å². The van der Waals surface area contributed by atoms with E-state index in [2.05, 4.69) is 0 Å². The van der Waals surface area contributed by atoms with Gasteiger partial charge in [0, 0.05) is 6.54 Å². The van der Waals surface area contributed by atoms with Crippen LogP contribution in [0.3, 0.4) is 0 Å². The Morgan fingerprint density at radius 1 is 1.33 bits per heavy atom. The van der Waals surface area contributed by atoms with Gasteiger partial charge in [-0.05, 0) is 6.92 Å². The van der Waals surface area contributed by atoms with Crippen LogP contribution in [-0.2, 0) is 6.54 Å². The van der Waals surface area contributed by atoms with Gasteiger partial charge in [-0.1, -0.05) is 0 Å². The summed E-state index contributed by atoms with van der Waals surface area (Å²) in [7, 11) is 0. The van der Waals surface area contributed by atoms with Crippen LogP contribution in [0.5, 0.6) is 0 Å². The lowest BCUT2D eigenvalue weighted by Crippen LogP contribution is -2.01. The predicted octanol–water partition coefficient (Wildman–Crippen LogP) is 1.80. The van der Waals surface area contributed by atoms with Crippen LogP contribution in [0.1, 0.15) is 12.5 Å². The minimum absolute atomic E-state index is 0.0454. The fourth-order valence-electron chi connectivity index (χ4n) is 0.906. The predicted molar refractivity (Wildman–Crippen MR) is 34.7 cm³/mol. The van der Waals surface area contributed by atoms with E-state index in [-0.39, 0.29) is 6.54 Å². The zero-order valence-corrected chi connectivity index (χ0v) is 6.24. The van der Waals surface area contributed by atoms with Crippen LogP contribution in [0.4, 0.5) is 13.2 Å². The fourth-order valence-corrected chi connectivity index (χ4v) is 0.906. The number of aromatic nitrogens is 1. The first kappa shape index (κ1) is 8.65. The van der Waals surface area contributed by atoms with Gasteiger partial charge in [0.05, 0.1) is 0 Å². The third kappa shape index (κ3) is 0.961. The van der Waals surface area contributed by atoms with Crippen molar-refractivity contribution in [2.45, 2.75) is 13.5 Å². The Morgan fingerprint density at radius 2 is 1.92 bits per heavy atom. The van der Waals surface area contributed by atoms with Crippen molar-refractivity contribution >= 4 is 0 Å². The van der Waals surface area contributed by atoms with Crippen molar-refractivity contribution in [1.82, 2.24) is 4.57 Å². The minimum atomic E-state index is -1.42. The van der Waals surface area contributed by atoms with Gasteiger partial charge in [-0.2, -0.15) is 14.0 Å². The van der Waals surface area contributed by atoms with E-state index in [0.29, 0.717) is 4.57 Å². The first-order valence-corrected chi connectivity index (χ1v) is 3.26. The third-order valence-corrected chi connectivity index (χ3v) is 1.51. The average Bonchev–Trinajstić information content (AvgIpc) is 2.25. The van der Waals surface area contributed by atoms with Crippen molar-refractivity contribution in [1.29, 1.82) is 5.26 Å². The van der Waals surface area contributed by atoms with Crippen LogP contribution in [0, 0.1) is 29.0 Å². The second kappa shape index (κ2) is 2.89. The Kier molecular flexibility index (Phi) is 2.09. The van der Waals surface area contributed by atoms with Gasteiger partial charge in [-0.15, -0.1) is 0 Å². The molecule has 0 unspecified atom stereocenters. The maximum atomic E-state index is 12.8. The van der Waals surface area contributed by atoms with Gasteiger partial charge in [0.1, 0.15) is 11.6 Å². The molecular weight excluding hydrogens is 169 g/mol. The van der Waals surface area contributed by atoms with Crippen LogP contribution >= 0.6 is 0 Å². The summed E-state index contributed by atoms with van der Waals surface area (Å²) in [6, 6.07) is 1.25. The number of halogens is 3. The van der Waals surface area contributed by atoms with Crippen LogP contribution in [0.25, 0.3) is 0 Å². The van der Waals surface area contributed by atoms with E-state index in [1.807, 2.05) is 0 Å². The molecule has 0 spiro atoms. The highest BCUT2D eigenvalue weighted by Gasteiger charge is 2.22. The Balaban J connectivity index is 3.45. The van der Waals surface area contributed by atoms with Gasteiger partial charge in [0.15, 0.2) is 5.82 Å². The zero-order valence-electron chi connectivity index (χ0n) is 6.24. The second-order valence-electron chi connectivity index (χ2n) is 2.13. The van der Waals surface area contributed by atoms with Crippen LogP contribution in [-0.4, -0.2) is 4.57 Å². The van der Waals surface area contributed by atoms with Crippen molar-refractivity contribution in [3.05, 3.63) is 23.3 Å². The molecule has 5 heteroatoms. The SMILES string of the molecule is CCn1c(F)c(F)c(C#N)c1F. The number of nitrogens with zero attached hydrogens (tertiary/aromatic N) is 2. The molecule has 0 N–H and O–H groups in total. The molecule has 2 nitrogen and oxygen atoms in total. The summed E-state index contributed by atoms with van der Waals surface area (Å²) >= 11 is 0. The molecule has 1 heterocycles. The average molecular weight is 174 g/mol. The highest BCUT2D eigenvalue weighted by atomic mass is 19.2. The highest BCUT2D eigenvalue weighted by molar-refractivity contribution is 5.30. The van der Waals surface area contributed by atoms with E-state index in [1.54, 1.807) is 0 Å². The molecule has 64 valence electrons. The van der Waals surface area contributed by atoms with Gasteiger partial charge in [0.25, 0.3) is 0 Å². The number of hydrogen-bond donors (Lipinski definition) is 0. The topological polar surface area (TPSA) is 28.7 Å². The van der Waals surface area contributed by atoms with Gasteiger partial charge in [0.2, 0.25) is 11.9 Å². The molecule has 0 fully saturated rings. The summed E-state index contributed by atoms with van der Waals surface area (Å²) < 4.78 is 38.6. The quantitative estimate of drug-likeness (QED) is 0.638. The molecule has 12 heavy (non-hydrogen) atoms. The fraction of sp³-hybridized carbons (Fsp3) is 0.286. The number of hydrogen-bond acceptors (Lipinski definition) is 1. The van der Waals surface area contributed by atoms with Gasteiger partial charge < -0.3 is 0 Å². The van der Waals surface area contributed by atoms with E-state index < -0.39 is 23.3 Å². The molecular formula is C7H5F3N2. The molecule has 0 saturated carbocycles. The smallest absolute Gasteiger partial charge is 0.233 e. The summed E-state index contributed by atoms with van der Waals surface area (Å²) in [6.45, 7) is 1.41. The summed E-state index contributed by atoms with van der Waals surface area (Å²) in [5.74, 6) is -3.90. The first-order valence-electron chi connectivity index (χ1n) is 3.26. The van der Waals surface area contributed by atoms with Gasteiger partial charge >= 0.3 is 0 Å². The van der Waals surface area contributed by atoms with Crippen molar-refractivity contribution < 1.29 is 13.2 Å². The largest absolute Gasteiger partial charge is 0.291 e. The van der Waals surface area contributed by atoms with E-state index in [4.69, 9.17) is 5.26 Å². The van der Waals surface area contributed by atoms with Crippen LogP contribution in [0.2, 0.25) is 0 Å². The monoisotopic (exact) mass is 174 g/mol. The lowest BCUT2D eigenvalue weighted by molar-refractivity contribution is 0.408. The standard InChI is InChI=1S/C7H5F3N2/c1-2-12-6(9)4(3-11)5(8)7(12)10/h2H2,1H3. The van der Waals surface area contributed by atoms with E-state index >= 15 is 0 Å². The van der Waals surface area contributed by atoms with E-state index in [0.717, 1.165) is 0 Å². The maximum absolute atomic E-state index is 12.8. The lowest BCUT2D eigenvalue weighted by atomic mass is 10.3. The Hall–Kier alpha value is -1.44. The second-order valence-corrected chi connectivity index (χ2v) is 2.13. The maximum Gasteiger partial charge on any atom is 0.233 e. The minimum Gasteiger partial charge on any atom is -0.291 e. The molecule has 0 aliphatic rings.